The van der Waals surface area contributed by atoms with Gasteiger partial charge in [0.1, 0.15) is 5.82 Å². The van der Waals surface area contributed by atoms with Crippen LogP contribution in [0.1, 0.15) is 45.0 Å². The van der Waals surface area contributed by atoms with Gasteiger partial charge in [-0.15, -0.1) is 0 Å². The Labute approximate surface area is 121 Å². The van der Waals surface area contributed by atoms with Crippen molar-refractivity contribution in [2.24, 2.45) is 5.92 Å². The van der Waals surface area contributed by atoms with E-state index in [4.69, 9.17) is 0 Å². The lowest BCUT2D eigenvalue weighted by atomic mass is 9.93. The molecule has 0 unspecified atom stereocenters. The number of likely N-dealkylation sites (tertiary alicyclic amines) is 1. The summed E-state index contributed by atoms with van der Waals surface area (Å²) in [5.74, 6) is 1.85. The van der Waals surface area contributed by atoms with Gasteiger partial charge in [-0.05, 0) is 45.7 Å². The lowest BCUT2D eigenvalue weighted by Gasteiger charge is -2.31. The summed E-state index contributed by atoms with van der Waals surface area (Å²) in [5, 5.41) is 2.71. The Hall–Kier alpha value is -1.36. The molecule has 0 spiro atoms. The molecule has 20 heavy (non-hydrogen) atoms. The number of imidazole rings is 1. The molecule has 1 aromatic heterocycles. The van der Waals surface area contributed by atoms with Crippen molar-refractivity contribution in [2.75, 3.05) is 20.1 Å². The van der Waals surface area contributed by atoms with E-state index in [0.29, 0.717) is 18.4 Å². The van der Waals surface area contributed by atoms with E-state index in [2.05, 4.69) is 39.8 Å². The number of hydrogen-bond acceptors (Lipinski definition) is 3. The Morgan fingerprint density at radius 1 is 1.45 bits per heavy atom. The van der Waals surface area contributed by atoms with E-state index < -0.39 is 0 Å². The molecule has 1 N–H and O–H groups in total. The smallest absolute Gasteiger partial charge is 0.220 e. The zero-order valence-electron chi connectivity index (χ0n) is 12.8. The minimum absolute atomic E-state index is 0.166. The maximum Gasteiger partial charge on any atom is 0.220 e. The standard InChI is InChI=1S/C15H26N4O/c1-12(2)19-9-6-17-14(19)11-18-7-4-13(5-8-18)10-15(20)16-3/h6,9,12-13H,4-5,7-8,10-11H2,1-3H3,(H,16,20). The van der Waals surface area contributed by atoms with Crippen LogP contribution in [0.4, 0.5) is 0 Å². The van der Waals surface area contributed by atoms with Crippen molar-refractivity contribution in [1.29, 1.82) is 0 Å². The summed E-state index contributed by atoms with van der Waals surface area (Å²) in [6, 6.07) is 0.457. The molecule has 1 fully saturated rings. The van der Waals surface area contributed by atoms with Gasteiger partial charge in [-0.2, -0.15) is 0 Å². The van der Waals surface area contributed by atoms with Crippen molar-refractivity contribution in [3.63, 3.8) is 0 Å². The Bertz CT molecular complexity index is 433. The number of aromatic nitrogens is 2. The minimum Gasteiger partial charge on any atom is -0.359 e. The van der Waals surface area contributed by atoms with Crippen LogP contribution >= 0.6 is 0 Å². The predicted molar refractivity (Wildman–Crippen MR) is 79.3 cm³/mol. The second kappa shape index (κ2) is 6.88. The summed E-state index contributed by atoms with van der Waals surface area (Å²) in [5.41, 5.74) is 0. The van der Waals surface area contributed by atoms with Crippen LogP contribution < -0.4 is 5.32 Å². The molecule has 5 nitrogen and oxygen atoms in total. The molecule has 5 heteroatoms. The highest BCUT2D eigenvalue weighted by Gasteiger charge is 2.22. The summed E-state index contributed by atoms with van der Waals surface area (Å²) < 4.78 is 2.23. The Kier molecular flexibility index (Phi) is 5.17. The Balaban J connectivity index is 1.82. The maximum absolute atomic E-state index is 11.4. The highest BCUT2D eigenvalue weighted by Crippen LogP contribution is 2.22. The third-order valence-electron chi connectivity index (χ3n) is 4.13. The molecule has 1 aliphatic heterocycles. The van der Waals surface area contributed by atoms with Gasteiger partial charge in [0, 0.05) is 31.9 Å². The molecule has 2 heterocycles. The highest BCUT2D eigenvalue weighted by atomic mass is 16.1. The first kappa shape index (κ1) is 15.0. The first-order chi connectivity index (χ1) is 9.60. The number of amides is 1. The predicted octanol–water partition coefficient (Wildman–Crippen LogP) is 1.81. The normalized spacial score (nSPS) is 17.6. The van der Waals surface area contributed by atoms with Crippen molar-refractivity contribution in [3.8, 4) is 0 Å². The van der Waals surface area contributed by atoms with Crippen molar-refractivity contribution >= 4 is 5.91 Å². The molecule has 0 bridgehead atoms. The van der Waals surface area contributed by atoms with Crippen LogP contribution in [-0.4, -0.2) is 40.5 Å². The van der Waals surface area contributed by atoms with Gasteiger partial charge in [0.2, 0.25) is 5.91 Å². The fraction of sp³-hybridized carbons (Fsp3) is 0.733. The minimum atomic E-state index is 0.166. The molecule has 0 aromatic carbocycles. The fourth-order valence-electron chi connectivity index (χ4n) is 2.85. The van der Waals surface area contributed by atoms with Crippen LogP contribution in [0.25, 0.3) is 0 Å². The third kappa shape index (κ3) is 3.82. The van der Waals surface area contributed by atoms with E-state index >= 15 is 0 Å². The van der Waals surface area contributed by atoms with Crippen LogP contribution in [0.3, 0.4) is 0 Å². The number of piperidine rings is 1. The van der Waals surface area contributed by atoms with Crippen molar-refractivity contribution in [1.82, 2.24) is 19.8 Å². The molecule has 0 aliphatic carbocycles. The highest BCUT2D eigenvalue weighted by molar-refractivity contribution is 5.75. The molecule has 112 valence electrons. The number of rotatable bonds is 5. The molecule has 0 atom stereocenters. The number of nitrogens with zero attached hydrogens (tertiary/aromatic N) is 3. The van der Waals surface area contributed by atoms with E-state index in [1.54, 1.807) is 7.05 Å². The number of carbonyl (C=O) groups excluding carboxylic acids is 1. The first-order valence-electron chi connectivity index (χ1n) is 7.54. The van der Waals surface area contributed by atoms with Crippen molar-refractivity contribution < 1.29 is 4.79 Å². The van der Waals surface area contributed by atoms with Crippen molar-refractivity contribution in [3.05, 3.63) is 18.2 Å². The lowest BCUT2D eigenvalue weighted by Crippen LogP contribution is -2.35. The summed E-state index contributed by atoms with van der Waals surface area (Å²) in [6.45, 7) is 7.40. The zero-order chi connectivity index (χ0) is 14.5. The fourth-order valence-corrected chi connectivity index (χ4v) is 2.85. The molecule has 1 aromatic rings. The molecule has 0 radical (unpaired) electrons. The van der Waals surface area contributed by atoms with Gasteiger partial charge < -0.3 is 9.88 Å². The zero-order valence-corrected chi connectivity index (χ0v) is 12.8. The summed E-state index contributed by atoms with van der Waals surface area (Å²) in [7, 11) is 1.71. The van der Waals surface area contributed by atoms with Crippen LogP contribution in [0.15, 0.2) is 12.4 Å². The quantitative estimate of drug-likeness (QED) is 0.893. The van der Waals surface area contributed by atoms with E-state index in [1.807, 2.05) is 6.20 Å². The molecular formula is C15H26N4O. The second-order valence-electron chi connectivity index (χ2n) is 5.94. The third-order valence-corrected chi connectivity index (χ3v) is 4.13. The largest absolute Gasteiger partial charge is 0.359 e. The Morgan fingerprint density at radius 2 is 2.15 bits per heavy atom. The van der Waals surface area contributed by atoms with Crippen LogP contribution in [-0.2, 0) is 11.3 Å². The monoisotopic (exact) mass is 278 g/mol. The van der Waals surface area contributed by atoms with Gasteiger partial charge in [-0.3, -0.25) is 9.69 Å². The topological polar surface area (TPSA) is 50.2 Å². The second-order valence-corrected chi connectivity index (χ2v) is 5.94. The van der Waals surface area contributed by atoms with Gasteiger partial charge in [0.25, 0.3) is 0 Å². The summed E-state index contributed by atoms with van der Waals surface area (Å²) in [6.07, 6.45) is 6.82. The molecule has 1 amide bonds. The van der Waals surface area contributed by atoms with Crippen LogP contribution in [0.5, 0.6) is 0 Å². The summed E-state index contributed by atoms with van der Waals surface area (Å²) >= 11 is 0. The average molecular weight is 278 g/mol. The van der Waals surface area contributed by atoms with Gasteiger partial charge in [-0.1, -0.05) is 0 Å². The molecule has 1 aliphatic rings. The summed E-state index contributed by atoms with van der Waals surface area (Å²) in [4.78, 5) is 18.3. The lowest BCUT2D eigenvalue weighted by molar-refractivity contribution is -0.121. The average Bonchev–Trinajstić information content (AvgIpc) is 2.89. The molecule has 1 saturated heterocycles. The number of nitrogens with one attached hydrogen (secondary N) is 1. The van der Waals surface area contributed by atoms with E-state index in [1.165, 1.54) is 0 Å². The number of hydrogen-bond donors (Lipinski definition) is 1. The van der Waals surface area contributed by atoms with E-state index in [0.717, 1.165) is 38.3 Å². The molecular weight excluding hydrogens is 252 g/mol. The molecule has 2 rings (SSSR count). The van der Waals surface area contributed by atoms with Gasteiger partial charge in [0.15, 0.2) is 0 Å². The first-order valence-corrected chi connectivity index (χ1v) is 7.54. The van der Waals surface area contributed by atoms with Crippen LogP contribution in [0, 0.1) is 5.92 Å². The van der Waals surface area contributed by atoms with E-state index in [-0.39, 0.29) is 5.91 Å². The molecule has 0 saturated carbocycles. The maximum atomic E-state index is 11.4. The van der Waals surface area contributed by atoms with Gasteiger partial charge >= 0.3 is 0 Å². The Morgan fingerprint density at radius 3 is 2.75 bits per heavy atom. The van der Waals surface area contributed by atoms with E-state index in [9.17, 15) is 4.79 Å². The van der Waals surface area contributed by atoms with Crippen molar-refractivity contribution in [2.45, 2.75) is 45.7 Å². The van der Waals surface area contributed by atoms with Gasteiger partial charge in [0.05, 0.1) is 6.54 Å². The van der Waals surface area contributed by atoms with Crippen LogP contribution in [0.2, 0.25) is 0 Å². The number of carbonyl (C=O) groups is 1. The van der Waals surface area contributed by atoms with Gasteiger partial charge in [-0.25, -0.2) is 4.98 Å². The SMILES string of the molecule is CNC(=O)CC1CCN(Cc2nccn2C(C)C)CC1.